The number of aromatic amines is 2. The molecule has 136 valence electrons. The minimum absolute atomic E-state index is 0.341. The van der Waals surface area contributed by atoms with Gasteiger partial charge in [0.2, 0.25) is 15.9 Å². The predicted octanol–water partition coefficient (Wildman–Crippen LogP) is 1.57. The number of hydrogen-bond acceptors (Lipinski definition) is 4. The van der Waals surface area contributed by atoms with Gasteiger partial charge < -0.3 is 15.3 Å². The Balaban J connectivity index is 1.83. The van der Waals surface area contributed by atoms with Gasteiger partial charge in [-0.15, -0.1) is 0 Å². The number of sulfonamides is 1. The largest absolute Gasteiger partial charge is 0.324 e. The van der Waals surface area contributed by atoms with Crippen LogP contribution in [-0.4, -0.2) is 37.1 Å². The number of benzene rings is 2. The van der Waals surface area contributed by atoms with Gasteiger partial charge in [0, 0.05) is 5.69 Å². The Morgan fingerprint density at radius 3 is 2.50 bits per heavy atom. The Labute approximate surface area is 149 Å². The molecular formula is C17H18N4O4S. The molecule has 0 aliphatic carbocycles. The molecule has 0 bridgehead atoms. The van der Waals surface area contributed by atoms with Crippen molar-refractivity contribution < 1.29 is 13.2 Å². The quantitative estimate of drug-likeness (QED) is 0.629. The first-order valence-corrected chi connectivity index (χ1v) is 9.64. The Hall–Kier alpha value is -3.07. The number of aromatic nitrogens is 2. The lowest BCUT2D eigenvalue weighted by molar-refractivity contribution is -0.114. The lowest BCUT2D eigenvalue weighted by Gasteiger charge is -2.23. The van der Waals surface area contributed by atoms with Crippen LogP contribution < -0.4 is 15.3 Å². The van der Waals surface area contributed by atoms with Crippen molar-refractivity contribution in [2.75, 3.05) is 22.4 Å². The fourth-order valence-electron chi connectivity index (χ4n) is 2.67. The number of H-pyrrole nitrogens is 2. The number of fused-ring (bicyclic) bond motifs is 1. The highest BCUT2D eigenvalue weighted by Gasteiger charge is 2.22. The molecule has 1 aromatic heterocycles. The zero-order valence-electron chi connectivity index (χ0n) is 14.2. The lowest BCUT2D eigenvalue weighted by Crippen LogP contribution is -2.37. The molecule has 3 rings (SSSR count). The topological polar surface area (TPSA) is 115 Å². The molecular weight excluding hydrogens is 356 g/mol. The van der Waals surface area contributed by atoms with Crippen LogP contribution in [0.25, 0.3) is 11.0 Å². The number of anilines is 2. The van der Waals surface area contributed by atoms with Gasteiger partial charge in [-0.3, -0.25) is 9.10 Å². The maximum atomic E-state index is 12.4. The maximum absolute atomic E-state index is 12.4. The van der Waals surface area contributed by atoms with Crippen LogP contribution in [0.15, 0.2) is 47.3 Å². The summed E-state index contributed by atoms with van der Waals surface area (Å²) in [5.74, 6) is -0.490. The van der Waals surface area contributed by atoms with Crippen molar-refractivity contribution in [1.29, 1.82) is 0 Å². The molecule has 3 N–H and O–H groups in total. The summed E-state index contributed by atoms with van der Waals surface area (Å²) in [5, 5.41) is 2.65. The third-order valence-corrected chi connectivity index (χ3v) is 5.00. The summed E-state index contributed by atoms with van der Waals surface area (Å²) in [4.78, 5) is 28.9. The van der Waals surface area contributed by atoms with Gasteiger partial charge in [-0.2, -0.15) is 0 Å². The zero-order valence-corrected chi connectivity index (χ0v) is 15.1. The summed E-state index contributed by atoms with van der Waals surface area (Å²) in [6, 6.07) is 11.8. The van der Waals surface area contributed by atoms with Crippen LogP contribution in [0, 0.1) is 6.92 Å². The van der Waals surface area contributed by atoms with Crippen molar-refractivity contribution in [2.24, 2.45) is 0 Å². The standard InChI is InChI=1S/C17H18N4O4S/c1-11-5-3-4-6-15(11)21(26(2,24)25)10-16(22)18-12-7-8-13-14(9-12)20-17(23)19-13/h3-9H,10H2,1-2H3,(H,18,22)(H2,19,20,23). The van der Waals surface area contributed by atoms with Gasteiger partial charge in [-0.05, 0) is 36.8 Å². The van der Waals surface area contributed by atoms with Crippen molar-refractivity contribution in [2.45, 2.75) is 6.92 Å². The normalized spacial score (nSPS) is 11.5. The first-order chi connectivity index (χ1) is 12.2. The molecule has 0 radical (unpaired) electrons. The fraction of sp³-hybridized carbons (Fsp3) is 0.176. The second-order valence-corrected chi connectivity index (χ2v) is 7.85. The second-order valence-electron chi connectivity index (χ2n) is 5.94. The summed E-state index contributed by atoms with van der Waals surface area (Å²) >= 11 is 0. The monoisotopic (exact) mass is 374 g/mol. The van der Waals surface area contributed by atoms with E-state index in [2.05, 4.69) is 15.3 Å². The van der Waals surface area contributed by atoms with Crippen LogP contribution in [-0.2, 0) is 14.8 Å². The molecule has 0 spiro atoms. The molecule has 0 aliphatic rings. The minimum atomic E-state index is -3.64. The summed E-state index contributed by atoms with van der Waals surface area (Å²) in [6.07, 6.45) is 1.06. The molecule has 0 saturated heterocycles. The van der Waals surface area contributed by atoms with Crippen molar-refractivity contribution in [1.82, 2.24) is 9.97 Å². The van der Waals surface area contributed by atoms with Gasteiger partial charge >= 0.3 is 5.69 Å². The number of nitrogens with zero attached hydrogens (tertiary/aromatic N) is 1. The number of carbonyl (C=O) groups is 1. The number of amides is 1. The number of imidazole rings is 1. The molecule has 0 atom stereocenters. The molecule has 0 aliphatic heterocycles. The first kappa shape index (κ1) is 17.7. The Morgan fingerprint density at radius 1 is 1.12 bits per heavy atom. The van der Waals surface area contributed by atoms with Gasteiger partial charge in [0.1, 0.15) is 6.54 Å². The van der Waals surface area contributed by atoms with E-state index in [0.29, 0.717) is 22.4 Å². The van der Waals surface area contributed by atoms with E-state index in [1.54, 1.807) is 49.4 Å². The second kappa shape index (κ2) is 6.68. The molecule has 0 fully saturated rings. The van der Waals surface area contributed by atoms with Gasteiger partial charge in [-0.25, -0.2) is 13.2 Å². The van der Waals surface area contributed by atoms with Crippen LogP contribution in [0.2, 0.25) is 0 Å². The number of hydrogen-bond donors (Lipinski definition) is 3. The van der Waals surface area contributed by atoms with Crippen LogP contribution in [0.3, 0.4) is 0 Å². The predicted molar refractivity (Wildman–Crippen MR) is 101 cm³/mol. The summed E-state index contributed by atoms with van der Waals surface area (Å²) in [7, 11) is -3.64. The number of rotatable bonds is 5. The van der Waals surface area contributed by atoms with E-state index in [9.17, 15) is 18.0 Å². The molecule has 26 heavy (non-hydrogen) atoms. The van der Waals surface area contributed by atoms with Crippen LogP contribution in [0.5, 0.6) is 0 Å². The van der Waals surface area contributed by atoms with E-state index in [1.165, 1.54) is 0 Å². The lowest BCUT2D eigenvalue weighted by atomic mass is 10.2. The summed E-state index contributed by atoms with van der Waals surface area (Å²) < 4.78 is 25.4. The van der Waals surface area contributed by atoms with E-state index in [-0.39, 0.29) is 12.2 Å². The highest BCUT2D eigenvalue weighted by atomic mass is 32.2. The van der Waals surface area contributed by atoms with Crippen LogP contribution in [0.1, 0.15) is 5.56 Å². The van der Waals surface area contributed by atoms with E-state index >= 15 is 0 Å². The van der Waals surface area contributed by atoms with Gasteiger partial charge in [0.25, 0.3) is 0 Å². The van der Waals surface area contributed by atoms with E-state index < -0.39 is 15.9 Å². The molecule has 0 saturated carbocycles. The average molecular weight is 374 g/mol. The number of para-hydroxylation sites is 1. The number of nitrogens with one attached hydrogen (secondary N) is 3. The highest BCUT2D eigenvalue weighted by molar-refractivity contribution is 7.92. The van der Waals surface area contributed by atoms with Crippen LogP contribution >= 0.6 is 0 Å². The van der Waals surface area contributed by atoms with Crippen molar-refractivity contribution in [3.63, 3.8) is 0 Å². The smallest absolute Gasteiger partial charge is 0.323 e. The van der Waals surface area contributed by atoms with E-state index in [1.807, 2.05) is 0 Å². The molecule has 2 aromatic carbocycles. The summed E-state index contributed by atoms with van der Waals surface area (Å²) in [5.41, 5.74) is 2.48. The minimum Gasteiger partial charge on any atom is -0.324 e. The van der Waals surface area contributed by atoms with Gasteiger partial charge in [-0.1, -0.05) is 18.2 Å². The maximum Gasteiger partial charge on any atom is 0.323 e. The highest BCUT2D eigenvalue weighted by Crippen LogP contribution is 2.22. The van der Waals surface area contributed by atoms with E-state index in [4.69, 9.17) is 0 Å². The average Bonchev–Trinajstić information content (AvgIpc) is 2.92. The van der Waals surface area contributed by atoms with Crippen molar-refractivity contribution in [3.05, 3.63) is 58.5 Å². The van der Waals surface area contributed by atoms with Gasteiger partial charge in [0.15, 0.2) is 0 Å². The van der Waals surface area contributed by atoms with E-state index in [0.717, 1.165) is 16.1 Å². The summed E-state index contributed by atoms with van der Waals surface area (Å²) in [6.45, 7) is 1.42. The molecule has 9 heteroatoms. The molecule has 1 amide bonds. The Kier molecular flexibility index (Phi) is 4.56. The molecule has 1 heterocycles. The molecule has 0 unspecified atom stereocenters. The molecule has 3 aromatic rings. The number of carbonyl (C=O) groups excluding carboxylic acids is 1. The fourth-order valence-corrected chi connectivity index (χ4v) is 3.58. The molecule has 8 nitrogen and oxygen atoms in total. The first-order valence-electron chi connectivity index (χ1n) is 7.79. The third-order valence-electron chi connectivity index (χ3n) is 3.87. The SMILES string of the molecule is Cc1ccccc1N(CC(=O)Nc1ccc2[nH]c(=O)[nH]c2c1)S(C)(=O)=O. The number of aryl methyl sites for hydroxylation is 1. The van der Waals surface area contributed by atoms with Crippen molar-refractivity contribution in [3.8, 4) is 0 Å². The third kappa shape index (κ3) is 3.77. The Morgan fingerprint density at radius 2 is 1.81 bits per heavy atom. The Bertz CT molecular complexity index is 1130. The van der Waals surface area contributed by atoms with Crippen LogP contribution in [0.4, 0.5) is 11.4 Å². The van der Waals surface area contributed by atoms with Crippen molar-refractivity contribution >= 4 is 38.3 Å². The zero-order chi connectivity index (χ0) is 18.9. The van der Waals surface area contributed by atoms with Gasteiger partial charge in [0.05, 0.1) is 23.0 Å².